The number of carbonyl (C=O) groups is 1. The number of β-amino-alcohol motifs (C(OH)–C–C–N with tert-alkyl or cyclic N) is 1. The maximum Gasteiger partial charge on any atom is 0.235 e. The quantitative estimate of drug-likeness (QED) is 0.832. The minimum Gasteiger partial charge on any atom is -0.491 e. The molecule has 6 heteroatoms. The van der Waals surface area contributed by atoms with Crippen LogP contribution in [0, 0.1) is 5.82 Å². The second-order valence-corrected chi connectivity index (χ2v) is 6.24. The van der Waals surface area contributed by atoms with Crippen molar-refractivity contribution in [3.8, 4) is 5.75 Å². The van der Waals surface area contributed by atoms with E-state index in [0.717, 1.165) is 11.1 Å². The molecular formula is C19H21FN2O3. The Morgan fingerprint density at radius 2 is 1.92 bits per heavy atom. The predicted molar refractivity (Wildman–Crippen MR) is 91.4 cm³/mol. The molecule has 3 rings (SSSR count). The van der Waals surface area contributed by atoms with Gasteiger partial charge in [-0.25, -0.2) is 4.39 Å². The molecule has 0 saturated heterocycles. The SMILES string of the molecule is NC(=O)[C@@H]1Cc2ccccc2CN1C[C@@H](O)COc1ccc(F)cc1. The van der Waals surface area contributed by atoms with Crippen LogP contribution in [0.4, 0.5) is 4.39 Å². The fraction of sp³-hybridized carbons (Fsp3) is 0.316. The minimum absolute atomic E-state index is 0.0509. The lowest BCUT2D eigenvalue weighted by Crippen LogP contribution is -2.51. The van der Waals surface area contributed by atoms with Crippen molar-refractivity contribution in [3.63, 3.8) is 0 Å². The molecule has 2 aromatic carbocycles. The number of fused-ring (bicyclic) bond motifs is 1. The van der Waals surface area contributed by atoms with E-state index in [0.29, 0.717) is 18.7 Å². The largest absolute Gasteiger partial charge is 0.491 e. The number of amides is 1. The number of aliphatic hydroxyl groups is 1. The van der Waals surface area contributed by atoms with E-state index in [2.05, 4.69) is 0 Å². The highest BCUT2D eigenvalue weighted by Crippen LogP contribution is 2.23. The third-order valence-electron chi connectivity index (χ3n) is 4.38. The zero-order chi connectivity index (χ0) is 17.8. The van der Waals surface area contributed by atoms with E-state index in [1.165, 1.54) is 24.3 Å². The number of primary amides is 1. The van der Waals surface area contributed by atoms with Crippen molar-refractivity contribution in [3.05, 3.63) is 65.5 Å². The Morgan fingerprint density at radius 1 is 1.24 bits per heavy atom. The molecule has 2 aromatic rings. The van der Waals surface area contributed by atoms with Crippen LogP contribution >= 0.6 is 0 Å². The van der Waals surface area contributed by atoms with E-state index < -0.39 is 18.1 Å². The fourth-order valence-corrected chi connectivity index (χ4v) is 3.10. The number of hydrogen-bond donors (Lipinski definition) is 2. The monoisotopic (exact) mass is 344 g/mol. The van der Waals surface area contributed by atoms with Gasteiger partial charge < -0.3 is 15.6 Å². The predicted octanol–water partition coefficient (Wildman–Crippen LogP) is 1.48. The van der Waals surface area contributed by atoms with Crippen LogP contribution in [0.2, 0.25) is 0 Å². The molecule has 0 aliphatic carbocycles. The Hall–Kier alpha value is -2.44. The smallest absolute Gasteiger partial charge is 0.235 e. The molecule has 3 N–H and O–H groups in total. The van der Waals surface area contributed by atoms with Crippen LogP contribution < -0.4 is 10.5 Å². The molecule has 0 radical (unpaired) electrons. The van der Waals surface area contributed by atoms with Crippen molar-refractivity contribution in [1.29, 1.82) is 0 Å². The van der Waals surface area contributed by atoms with Gasteiger partial charge >= 0.3 is 0 Å². The lowest BCUT2D eigenvalue weighted by atomic mass is 9.93. The number of hydrogen-bond acceptors (Lipinski definition) is 4. The van der Waals surface area contributed by atoms with Crippen molar-refractivity contribution >= 4 is 5.91 Å². The van der Waals surface area contributed by atoms with E-state index in [-0.39, 0.29) is 19.0 Å². The van der Waals surface area contributed by atoms with Crippen molar-refractivity contribution in [2.75, 3.05) is 13.2 Å². The zero-order valence-corrected chi connectivity index (χ0v) is 13.8. The van der Waals surface area contributed by atoms with Gasteiger partial charge in [-0.3, -0.25) is 9.69 Å². The van der Waals surface area contributed by atoms with Gasteiger partial charge in [0.2, 0.25) is 5.91 Å². The molecule has 2 atom stereocenters. The molecule has 0 fully saturated rings. The molecule has 0 aromatic heterocycles. The number of aliphatic hydroxyl groups excluding tert-OH is 1. The van der Waals surface area contributed by atoms with Crippen LogP contribution in [-0.4, -0.2) is 41.2 Å². The summed E-state index contributed by atoms with van der Waals surface area (Å²) in [7, 11) is 0. The number of rotatable bonds is 6. The first-order valence-corrected chi connectivity index (χ1v) is 8.19. The molecule has 132 valence electrons. The van der Waals surface area contributed by atoms with E-state index >= 15 is 0 Å². The van der Waals surface area contributed by atoms with Crippen LogP contribution in [0.1, 0.15) is 11.1 Å². The number of benzene rings is 2. The average molecular weight is 344 g/mol. The van der Waals surface area contributed by atoms with E-state index in [9.17, 15) is 14.3 Å². The zero-order valence-electron chi connectivity index (χ0n) is 13.8. The maximum absolute atomic E-state index is 12.9. The molecule has 0 saturated carbocycles. The van der Waals surface area contributed by atoms with Gasteiger partial charge in [-0.2, -0.15) is 0 Å². The first-order chi connectivity index (χ1) is 12.0. The van der Waals surface area contributed by atoms with E-state index in [1.54, 1.807) is 0 Å². The standard InChI is InChI=1S/C19H21FN2O3/c20-15-5-7-17(8-6-15)25-12-16(23)11-22-10-14-4-2-1-3-13(14)9-18(22)19(21)24/h1-8,16,18,23H,9-12H2,(H2,21,24)/t16-,18+/m1/s1. The highest BCUT2D eigenvalue weighted by atomic mass is 19.1. The van der Waals surface area contributed by atoms with Gasteiger partial charge in [0.05, 0.1) is 6.04 Å². The second kappa shape index (κ2) is 7.63. The molecular weight excluding hydrogens is 323 g/mol. The summed E-state index contributed by atoms with van der Waals surface area (Å²) in [6.45, 7) is 0.871. The van der Waals surface area contributed by atoms with Gasteiger partial charge in [-0.05, 0) is 41.8 Å². The Balaban J connectivity index is 1.61. The van der Waals surface area contributed by atoms with Gasteiger partial charge in [0.1, 0.15) is 24.3 Å². The lowest BCUT2D eigenvalue weighted by molar-refractivity contribution is -0.124. The summed E-state index contributed by atoms with van der Waals surface area (Å²) in [5.74, 6) is -0.263. The van der Waals surface area contributed by atoms with Crippen molar-refractivity contribution in [2.45, 2.75) is 25.1 Å². The van der Waals surface area contributed by atoms with Gasteiger partial charge in [0.15, 0.2) is 0 Å². The molecule has 0 unspecified atom stereocenters. The molecule has 0 bridgehead atoms. The summed E-state index contributed by atoms with van der Waals surface area (Å²) in [4.78, 5) is 13.7. The van der Waals surface area contributed by atoms with Gasteiger partial charge in [-0.15, -0.1) is 0 Å². The van der Waals surface area contributed by atoms with E-state index in [4.69, 9.17) is 10.5 Å². The lowest BCUT2D eigenvalue weighted by Gasteiger charge is -2.36. The second-order valence-electron chi connectivity index (χ2n) is 6.24. The summed E-state index contributed by atoms with van der Waals surface area (Å²) < 4.78 is 18.3. The van der Waals surface area contributed by atoms with Gasteiger partial charge in [0.25, 0.3) is 0 Å². The van der Waals surface area contributed by atoms with Crippen molar-refractivity contribution < 1.29 is 19.0 Å². The van der Waals surface area contributed by atoms with Gasteiger partial charge in [0, 0.05) is 13.1 Å². The number of nitrogens with zero attached hydrogens (tertiary/aromatic N) is 1. The minimum atomic E-state index is -0.794. The Labute approximate surface area is 145 Å². The summed E-state index contributed by atoms with van der Waals surface area (Å²) in [5.41, 5.74) is 7.78. The normalized spacial score (nSPS) is 18.4. The summed E-state index contributed by atoms with van der Waals surface area (Å²) >= 11 is 0. The first kappa shape index (κ1) is 17.4. The summed E-state index contributed by atoms with van der Waals surface area (Å²) in [5, 5.41) is 10.3. The third kappa shape index (κ3) is 4.35. The highest BCUT2D eigenvalue weighted by molar-refractivity contribution is 5.80. The number of ether oxygens (including phenoxy) is 1. The Bertz CT molecular complexity index is 736. The molecule has 1 amide bonds. The van der Waals surface area contributed by atoms with E-state index in [1.807, 2.05) is 29.2 Å². The molecule has 25 heavy (non-hydrogen) atoms. The molecule has 1 aliphatic heterocycles. The highest BCUT2D eigenvalue weighted by Gasteiger charge is 2.31. The Kier molecular flexibility index (Phi) is 5.31. The van der Waals surface area contributed by atoms with Crippen molar-refractivity contribution in [2.24, 2.45) is 5.73 Å². The summed E-state index contributed by atoms with van der Waals surface area (Å²) in [6.07, 6.45) is -0.256. The summed E-state index contributed by atoms with van der Waals surface area (Å²) in [6, 6.07) is 13.1. The Morgan fingerprint density at radius 3 is 2.60 bits per heavy atom. The fourth-order valence-electron chi connectivity index (χ4n) is 3.10. The van der Waals surface area contributed by atoms with Crippen LogP contribution in [0.15, 0.2) is 48.5 Å². The number of halogens is 1. The first-order valence-electron chi connectivity index (χ1n) is 8.19. The topological polar surface area (TPSA) is 75.8 Å². The van der Waals surface area contributed by atoms with Crippen LogP contribution in [0.3, 0.4) is 0 Å². The molecule has 1 heterocycles. The van der Waals surface area contributed by atoms with Crippen molar-refractivity contribution in [1.82, 2.24) is 4.90 Å². The number of carbonyl (C=O) groups excluding carboxylic acids is 1. The average Bonchev–Trinajstić information content (AvgIpc) is 2.60. The third-order valence-corrected chi connectivity index (χ3v) is 4.38. The van der Waals surface area contributed by atoms with Crippen LogP contribution in [0.5, 0.6) is 5.75 Å². The number of nitrogens with two attached hydrogens (primary N) is 1. The molecule has 0 spiro atoms. The molecule has 5 nitrogen and oxygen atoms in total. The maximum atomic E-state index is 12.9. The van der Waals surface area contributed by atoms with Gasteiger partial charge in [-0.1, -0.05) is 24.3 Å². The molecule has 1 aliphatic rings. The van der Waals surface area contributed by atoms with Crippen LogP contribution in [0.25, 0.3) is 0 Å². The van der Waals surface area contributed by atoms with Crippen LogP contribution in [-0.2, 0) is 17.8 Å².